The standard InChI is InChI=1S/C13H7N3O2S/c14-5-7-1-2-10-9(3-7)8(6-15-10)4-11-12(17)16-13(18)19-11/h1-4,6,17H,(H,16,18)/b8-4+. The third-order valence-electron chi connectivity index (χ3n) is 2.72. The third kappa shape index (κ3) is 1.96. The molecule has 3 rings (SSSR count). The summed E-state index contributed by atoms with van der Waals surface area (Å²) < 4.78 is 0. The van der Waals surface area contributed by atoms with E-state index in [4.69, 9.17) is 5.26 Å². The molecule has 1 aromatic heterocycles. The third-order valence-corrected chi connectivity index (χ3v) is 3.54. The van der Waals surface area contributed by atoms with Crippen LogP contribution in [0.5, 0.6) is 5.88 Å². The zero-order valence-corrected chi connectivity index (χ0v) is 10.4. The van der Waals surface area contributed by atoms with Gasteiger partial charge < -0.3 is 5.11 Å². The normalized spacial score (nSPS) is 14.6. The highest BCUT2D eigenvalue weighted by Gasteiger charge is 2.14. The fraction of sp³-hybridized carbons (Fsp3) is 0. The molecule has 1 aliphatic rings. The Morgan fingerprint density at radius 2 is 2.32 bits per heavy atom. The number of aromatic nitrogens is 1. The molecule has 1 aromatic carbocycles. The molecule has 1 aliphatic heterocycles. The van der Waals surface area contributed by atoms with Gasteiger partial charge in [-0.15, -0.1) is 0 Å². The van der Waals surface area contributed by atoms with Crippen molar-refractivity contribution in [3.63, 3.8) is 0 Å². The molecule has 19 heavy (non-hydrogen) atoms. The van der Waals surface area contributed by atoms with E-state index in [-0.39, 0.29) is 10.8 Å². The number of thiazole rings is 1. The quantitative estimate of drug-likeness (QED) is 0.832. The summed E-state index contributed by atoms with van der Waals surface area (Å²) in [6.07, 6.45) is 3.32. The van der Waals surface area contributed by atoms with Crippen molar-refractivity contribution in [3.05, 3.63) is 43.9 Å². The maximum atomic E-state index is 11.1. The number of hydrogen-bond acceptors (Lipinski definition) is 5. The minimum absolute atomic E-state index is 0.152. The Morgan fingerprint density at radius 3 is 3.00 bits per heavy atom. The Morgan fingerprint density at radius 1 is 1.47 bits per heavy atom. The predicted molar refractivity (Wildman–Crippen MR) is 73.8 cm³/mol. The van der Waals surface area contributed by atoms with Gasteiger partial charge in [-0.2, -0.15) is 5.26 Å². The Hall–Kier alpha value is -2.65. The molecule has 0 spiro atoms. The molecule has 2 aromatic rings. The molecule has 0 fully saturated rings. The number of H-pyrrole nitrogens is 1. The smallest absolute Gasteiger partial charge is 0.307 e. The fourth-order valence-electron chi connectivity index (χ4n) is 1.84. The average molecular weight is 269 g/mol. The first-order chi connectivity index (χ1) is 9.17. The van der Waals surface area contributed by atoms with Crippen LogP contribution in [0.15, 0.2) is 28.0 Å². The van der Waals surface area contributed by atoms with Crippen molar-refractivity contribution in [1.82, 2.24) is 4.98 Å². The Bertz CT molecular complexity index is 821. The van der Waals surface area contributed by atoms with Crippen molar-refractivity contribution in [2.75, 3.05) is 0 Å². The van der Waals surface area contributed by atoms with Crippen LogP contribution in [0.1, 0.15) is 16.0 Å². The van der Waals surface area contributed by atoms with Crippen LogP contribution in [-0.2, 0) is 0 Å². The van der Waals surface area contributed by atoms with Gasteiger partial charge in [0.1, 0.15) is 0 Å². The molecular formula is C13H7N3O2S. The fourth-order valence-corrected chi connectivity index (χ4v) is 2.53. The summed E-state index contributed by atoms with van der Waals surface area (Å²) >= 11 is 0.922. The second-order valence-corrected chi connectivity index (χ2v) is 4.94. The summed E-state index contributed by atoms with van der Waals surface area (Å²) in [5, 5.41) is 18.5. The number of nitrogens with zero attached hydrogens (tertiary/aromatic N) is 2. The van der Waals surface area contributed by atoms with Gasteiger partial charge in [-0.25, -0.2) is 0 Å². The second kappa shape index (κ2) is 4.23. The first kappa shape index (κ1) is 11.4. The molecule has 0 aliphatic carbocycles. The van der Waals surface area contributed by atoms with E-state index in [1.807, 2.05) is 0 Å². The van der Waals surface area contributed by atoms with Gasteiger partial charge >= 0.3 is 4.87 Å². The lowest BCUT2D eigenvalue weighted by Crippen LogP contribution is -1.89. The van der Waals surface area contributed by atoms with E-state index < -0.39 is 0 Å². The molecule has 92 valence electrons. The van der Waals surface area contributed by atoms with Crippen LogP contribution in [0.2, 0.25) is 0 Å². The molecule has 6 heteroatoms. The van der Waals surface area contributed by atoms with Gasteiger partial charge in [-0.3, -0.25) is 14.8 Å². The molecule has 0 amide bonds. The summed E-state index contributed by atoms with van der Waals surface area (Å²) in [4.78, 5) is 17.8. The molecular weight excluding hydrogens is 262 g/mol. The van der Waals surface area contributed by atoms with Crippen molar-refractivity contribution in [2.24, 2.45) is 4.99 Å². The van der Waals surface area contributed by atoms with Gasteiger partial charge in [0.15, 0.2) is 0 Å². The summed E-state index contributed by atoms with van der Waals surface area (Å²) in [6, 6.07) is 7.28. The highest BCUT2D eigenvalue weighted by Crippen LogP contribution is 2.34. The molecule has 0 saturated carbocycles. The largest absolute Gasteiger partial charge is 0.493 e. The van der Waals surface area contributed by atoms with E-state index in [1.54, 1.807) is 30.5 Å². The number of aromatic hydroxyl groups is 1. The topological polar surface area (TPSA) is 89.2 Å². The maximum absolute atomic E-state index is 11.1. The number of hydrogen-bond donors (Lipinski definition) is 2. The van der Waals surface area contributed by atoms with Crippen LogP contribution in [-0.4, -0.2) is 16.3 Å². The number of fused-ring (bicyclic) bond motifs is 1. The second-order valence-electron chi connectivity index (χ2n) is 3.93. The zero-order chi connectivity index (χ0) is 13.4. The van der Waals surface area contributed by atoms with Crippen LogP contribution in [0.3, 0.4) is 0 Å². The van der Waals surface area contributed by atoms with Gasteiger partial charge in [0.05, 0.1) is 22.2 Å². The average Bonchev–Trinajstić information content (AvgIpc) is 2.93. The highest BCUT2D eigenvalue weighted by atomic mass is 32.1. The molecule has 5 nitrogen and oxygen atoms in total. The first-order valence-corrected chi connectivity index (χ1v) is 6.21. The lowest BCUT2D eigenvalue weighted by molar-refractivity contribution is 0.455. The number of allylic oxidation sites excluding steroid dienone is 1. The summed E-state index contributed by atoms with van der Waals surface area (Å²) in [6.45, 7) is 0. The summed E-state index contributed by atoms with van der Waals surface area (Å²) in [7, 11) is 0. The van der Waals surface area contributed by atoms with Crippen LogP contribution in [0.25, 0.3) is 11.6 Å². The van der Waals surface area contributed by atoms with E-state index in [1.165, 1.54) is 0 Å². The van der Waals surface area contributed by atoms with Gasteiger partial charge in [-0.05, 0) is 24.3 Å². The Labute approximate surface area is 111 Å². The number of aromatic amines is 1. The van der Waals surface area contributed by atoms with Gasteiger partial charge in [0.2, 0.25) is 5.88 Å². The van der Waals surface area contributed by atoms with E-state index >= 15 is 0 Å². The van der Waals surface area contributed by atoms with E-state index in [0.29, 0.717) is 10.4 Å². The van der Waals surface area contributed by atoms with Gasteiger partial charge in [0, 0.05) is 17.4 Å². The molecule has 2 N–H and O–H groups in total. The SMILES string of the molecule is N#Cc1ccc2c(c1)/C(=C/c1sc(=O)[nH]c1O)C=N2. The number of benzene rings is 1. The van der Waals surface area contributed by atoms with Crippen molar-refractivity contribution in [2.45, 2.75) is 0 Å². The van der Waals surface area contributed by atoms with Crippen LogP contribution >= 0.6 is 11.3 Å². The highest BCUT2D eigenvalue weighted by molar-refractivity contribution is 7.10. The summed E-state index contributed by atoms with van der Waals surface area (Å²) in [5.74, 6) is -0.152. The molecule has 0 saturated heterocycles. The van der Waals surface area contributed by atoms with Gasteiger partial charge in [-0.1, -0.05) is 11.3 Å². The Kier molecular flexibility index (Phi) is 2.54. The maximum Gasteiger partial charge on any atom is 0.307 e. The lowest BCUT2D eigenvalue weighted by Gasteiger charge is -1.99. The predicted octanol–water partition coefficient (Wildman–Crippen LogP) is 2.27. The van der Waals surface area contributed by atoms with Crippen molar-refractivity contribution >= 4 is 34.9 Å². The number of rotatable bonds is 1. The van der Waals surface area contributed by atoms with Crippen LogP contribution in [0.4, 0.5) is 5.69 Å². The molecule has 0 radical (unpaired) electrons. The molecule has 2 heterocycles. The minimum atomic E-state index is -0.315. The van der Waals surface area contributed by atoms with E-state index in [2.05, 4.69) is 16.0 Å². The number of nitriles is 1. The van der Waals surface area contributed by atoms with Crippen molar-refractivity contribution in [3.8, 4) is 11.9 Å². The van der Waals surface area contributed by atoms with E-state index in [9.17, 15) is 9.90 Å². The zero-order valence-electron chi connectivity index (χ0n) is 9.54. The van der Waals surface area contributed by atoms with Gasteiger partial charge in [0.25, 0.3) is 0 Å². The number of aliphatic imine (C=N–C) groups is 1. The van der Waals surface area contributed by atoms with Crippen molar-refractivity contribution < 1.29 is 5.11 Å². The van der Waals surface area contributed by atoms with E-state index in [0.717, 1.165) is 28.2 Å². The van der Waals surface area contributed by atoms with Crippen LogP contribution < -0.4 is 4.87 Å². The lowest BCUT2D eigenvalue weighted by atomic mass is 10.0. The molecule has 0 bridgehead atoms. The Balaban J connectivity index is 2.12. The minimum Gasteiger partial charge on any atom is -0.493 e. The van der Waals surface area contributed by atoms with Crippen molar-refractivity contribution in [1.29, 1.82) is 5.26 Å². The summed E-state index contributed by atoms with van der Waals surface area (Å²) in [5.41, 5.74) is 2.89. The van der Waals surface area contributed by atoms with Crippen LogP contribution in [0, 0.1) is 11.3 Å². The monoisotopic (exact) mass is 269 g/mol. The first-order valence-electron chi connectivity index (χ1n) is 5.40. The number of nitrogens with one attached hydrogen (secondary N) is 1. The molecule has 0 unspecified atom stereocenters. The molecule has 0 atom stereocenters.